The second-order valence-corrected chi connectivity index (χ2v) is 4.37. The predicted octanol–water partition coefficient (Wildman–Crippen LogP) is 0.371. The zero-order valence-corrected chi connectivity index (χ0v) is 8.70. The van der Waals surface area contributed by atoms with E-state index in [1.807, 2.05) is 7.05 Å². The van der Waals surface area contributed by atoms with Gasteiger partial charge in [-0.1, -0.05) is 0 Å². The number of hydrogen-bond donors (Lipinski definition) is 1. The van der Waals surface area contributed by atoms with Crippen LogP contribution < -0.4 is 0 Å². The number of aliphatic hydroxyl groups excluding tert-OH is 1. The molecule has 2 fully saturated rings. The fourth-order valence-electron chi connectivity index (χ4n) is 2.49. The fraction of sp³-hybridized carbons (Fsp3) is 0.900. The SMILES string of the molecule is CN1N(CCCO)C(=O)CC12CCC2. The van der Waals surface area contributed by atoms with Crippen LogP contribution in [0.3, 0.4) is 0 Å². The van der Waals surface area contributed by atoms with Gasteiger partial charge in [0.1, 0.15) is 0 Å². The molecule has 0 atom stereocenters. The van der Waals surface area contributed by atoms with Gasteiger partial charge in [0.25, 0.3) is 0 Å². The maximum atomic E-state index is 11.7. The number of carbonyl (C=O) groups is 1. The minimum Gasteiger partial charge on any atom is -0.396 e. The van der Waals surface area contributed by atoms with Gasteiger partial charge in [0.05, 0.1) is 0 Å². The van der Waals surface area contributed by atoms with Crippen LogP contribution in [0.4, 0.5) is 0 Å². The summed E-state index contributed by atoms with van der Waals surface area (Å²) >= 11 is 0. The second-order valence-electron chi connectivity index (χ2n) is 4.37. The first-order valence-electron chi connectivity index (χ1n) is 5.35. The summed E-state index contributed by atoms with van der Waals surface area (Å²) < 4.78 is 0. The quantitative estimate of drug-likeness (QED) is 0.712. The third-order valence-electron chi connectivity index (χ3n) is 3.63. The summed E-state index contributed by atoms with van der Waals surface area (Å²) in [7, 11) is 2.00. The van der Waals surface area contributed by atoms with Crippen molar-refractivity contribution in [1.29, 1.82) is 0 Å². The zero-order chi connectivity index (χ0) is 10.2. The van der Waals surface area contributed by atoms with Crippen LogP contribution in [0.1, 0.15) is 32.1 Å². The summed E-state index contributed by atoms with van der Waals surface area (Å²) in [5.41, 5.74) is 0.145. The minimum atomic E-state index is 0.145. The predicted molar refractivity (Wildman–Crippen MR) is 52.4 cm³/mol. The lowest BCUT2D eigenvalue weighted by molar-refractivity contribution is -0.140. The van der Waals surface area contributed by atoms with Crippen molar-refractivity contribution >= 4 is 5.91 Å². The Hall–Kier alpha value is -0.610. The minimum absolute atomic E-state index is 0.145. The molecule has 0 unspecified atom stereocenters. The van der Waals surface area contributed by atoms with Crippen molar-refractivity contribution in [1.82, 2.24) is 10.0 Å². The number of aliphatic hydroxyl groups is 1. The molecule has 0 aromatic carbocycles. The molecule has 1 aliphatic heterocycles. The first kappa shape index (κ1) is 9.93. The highest BCUT2D eigenvalue weighted by Crippen LogP contribution is 2.44. The van der Waals surface area contributed by atoms with Gasteiger partial charge in [-0.15, -0.1) is 0 Å². The molecule has 80 valence electrons. The molecule has 0 radical (unpaired) electrons. The summed E-state index contributed by atoms with van der Waals surface area (Å²) in [6, 6.07) is 0. The number of carbonyl (C=O) groups excluding carboxylic acids is 1. The molecule has 1 heterocycles. The molecule has 0 aromatic heterocycles. The molecule has 0 bridgehead atoms. The summed E-state index contributed by atoms with van der Waals surface area (Å²) in [6.45, 7) is 0.818. The smallest absolute Gasteiger partial charge is 0.238 e. The van der Waals surface area contributed by atoms with Crippen molar-refractivity contribution in [2.45, 2.75) is 37.6 Å². The Morgan fingerprint density at radius 1 is 1.50 bits per heavy atom. The van der Waals surface area contributed by atoms with E-state index in [1.54, 1.807) is 5.01 Å². The van der Waals surface area contributed by atoms with E-state index in [2.05, 4.69) is 5.01 Å². The second kappa shape index (κ2) is 3.51. The Morgan fingerprint density at radius 2 is 2.21 bits per heavy atom. The van der Waals surface area contributed by atoms with Gasteiger partial charge in [-0.3, -0.25) is 9.80 Å². The molecule has 1 saturated heterocycles. The first-order chi connectivity index (χ1) is 6.69. The normalized spacial score (nSPS) is 25.9. The van der Waals surface area contributed by atoms with Crippen LogP contribution in [0, 0.1) is 0 Å². The molecule has 4 nitrogen and oxygen atoms in total. The Balaban J connectivity index is 2.00. The van der Waals surface area contributed by atoms with E-state index < -0.39 is 0 Å². The van der Waals surface area contributed by atoms with E-state index in [0.717, 1.165) is 12.8 Å². The van der Waals surface area contributed by atoms with Crippen LogP contribution in [0.2, 0.25) is 0 Å². The van der Waals surface area contributed by atoms with Crippen LogP contribution >= 0.6 is 0 Å². The van der Waals surface area contributed by atoms with Crippen molar-refractivity contribution in [3.8, 4) is 0 Å². The Morgan fingerprint density at radius 3 is 2.64 bits per heavy atom. The lowest BCUT2D eigenvalue weighted by atomic mass is 9.75. The van der Waals surface area contributed by atoms with E-state index >= 15 is 0 Å². The van der Waals surface area contributed by atoms with Gasteiger partial charge in [-0.25, -0.2) is 5.01 Å². The third kappa shape index (κ3) is 1.33. The number of nitrogens with zero attached hydrogens (tertiary/aromatic N) is 2. The molecule has 1 amide bonds. The van der Waals surface area contributed by atoms with Crippen molar-refractivity contribution in [2.75, 3.05) is 20.2 Å². The summed E-state index contributed by atoms with van der Waals surface area (Å²) in [6.07, 6.45) is 4.88. The lowest BCUT2D eigenvalue weighted by Gasteiger charge is -2.44. The maximum absolute atomic E-state index is 11.7. The van der Waals surface area contributed by atoms with Gasteiger partial charge in [-0.05, 0) is 25.7 Å². The molecule has 1 aliphatic carbocycles. The van der Waals surface area contributed by atoms with Crippen molar-refractivity contribution in [2.24, 2.45) is 0 Å². The maximum Gasteiger partial charge on any atom is 0.238 e. The van der Waals surface area contributed by atoms with E-state index in [-0.39, 0.29) is 18.1 Å². The standard InChI is InChI=1S/C10H18N2O2/c1-11-10(4-2-5-10)8-9(14)12(11)6-3-7-13/h13H,2-8H2,1H3. The Kier molecular flexibility index (Phi) is 2.49. The summed E-state index contributed by atoms with van der Waals surface area (Å²) in [5, 5.41) is 12.7. The number of rotatable bonds is 3. The highest BCUT2D eigenvalue weighted by Gasteiger charge is 2.51. The average Bonchev–Trinajstić information content (AvgIpc) is 2.35. The van der Waals surface area contributed by atoms with Crippen LogP contribution in [0.15, 0.2) is 0 Å². The van der Waals surface area contributed by atoms with Crippen molar-refractivity contribution < 1.29 is 9.90 Å². The largest absolute Gasteiger partial charge is 0.396 e. The van der Waals surface area contributed by atoms with E-state index in [4.69, 9.17) is 5.11 Å². The van der Waals surface area contributed by atoms with Gasteiger partial charge in [-0.2, -0.15) is 0 Å². The number of hydrogen-bond acceptors (Lipinski definition) is 3. The molecule has 2 aliphatic rings. The van der Waals surface area contributed by atoms with E-state index in [0.29, 0.717) is 19.4 Å². The zero-order valence-electron chi connectivity index (χ0n) is 8.70. The molecule has 14 heavy (non-hydrogen) atoms. The van der Waals surface area contributed by atoms with Crippen molar-refractivity contribution in [3.63, 3.8) is 0 Å². The average molecular weight is 198 g/mol. The summed E-state index contributed by atoms with van der Waals surface area (Å²) in [4.78, 5) is 11.7. The number of amides is 1. The first-order valence-corrected chi connectivity index (χ1v) is 5.35. The Bertz CT molecular complexity index is 238. The molecule has 2 rings (SSSR count). The van der Waals surface area contributed by atoms with Gasteiger partial charge in [0, 0.05) is 32.2 Å². The van der Waals surface area contributed by atoms with Gasteiger partial charge in [0.15, 0.2) is 0 Å². The van der Waals surface area contributed by atoms with Crippen LogP contribution in [0.5, 0.6) is 0 Å². The number of hydrazine groups is 1. The monoisotopic (exact) mass is 198 g/mol. The van der Waals surface area contributed by atoms with Gasteiger partial charge >= 0.3 is 0 Å². The lowest BCUT2D eigenvalue weighted by Crippen LogP contribution is -2.52. The van der Waals surface area contributed by atoms with E-state index in [1.165, 1.54) is 6.42 Å². The molecular weight excluding hydrogens is 180 g/mol. The highest BCUT2D eigenvalue weighted by molar-refractivity contribution is 5.79. The van der Waals surface area contributed by atoms with Crippen LogP contribution in [-0.4, -0.2) is 46.8 Å². The molecular formula is C10H18N2O2. The molecule has 1 spiro atoms. The van der Waals surface area contributed by atoms with Crippen LogP contribution in [-0.2, 0) is 4.79 Å². The highest BCUT2D eigenvalue weighted by atomic mass is 16.3. The molecule has 0 aromatic rings. The van der Waals surface area contributed by atoms with Gasteiger partial charge < -0.3 is 5.11 Å². The topological polar surface area (TPSA) is 43.8 Å². The molecule has 1 saturated carbocycles. The summed E-state index contributed by atoms with van der Waals surface area (Å²) in [5.74, 6) is 0.223. The van der Waals surface area contributed by atoms with Gasteiger partial charge in [0.2, 0.25) is 5.91 Å². The third-order valence-corrected chi connectivity index (χ3v) is 3.63. The fourth-order valence-corrected chi connectivity index (χ4v) is 2.49. The van der Waals surface area contributed by atoms with Crippen LogP contribution in [0.25, 0.3) is 0 Å². The Labute approximate surface area is 84.5 Å². The van der Waals surface area contributed by atoms with Crippen molar-refractivity contribution in [3.05, 3.63) is 0 Å². The van der Waals surface area contributed by atoms with E-state index in [9.17, 15) is 4.79 Å². The molecule has 4 heteroatoms. The molecule has 1 N–H and O–H groups in total.